The lowest BCUT2D eigenvalue weighted by molar-refractivity contribution is -0.0525. The standard InChI is InChI=1S/C21H25F4N5O3S/c1-14(16-4-5-19(26-10-16)30-12-17(22)11-27-30)29-13-20(28(3)15(29)2)8-6-18(7-9-20)33-34(31,32)21(23,24)25/h4-6,10-12,14-15H,7-9,13H2,1-3H3/t14-,15?,20?/m0/s1. The number of nitrogens with zero attached hydrogens (tertiary/aromatic N) is 5. The lowest BCUT2D eigenvalue weighted by Crippen LogP contribution is -2.46. The Labute approximate surface area is 194 Å². The summed E-state index contributed by atoms with van der Waals surface area (Å²) < 4.78 is 79.5. The first-order valence-electron chi connectivity index (χ1n) is 10.7. The lowest BCUT2D eigenvalue weighted by atomic mass is 9.84. The van der Waals surface area contributed by atoms with Crippen LogP contribution in [0.15, 0.2) is 42.6 Å². The van der Waals surface area contributed by atoms with Crippen LogP contribution >= 0.6 is 0 Å². The summed E-state index contributed by atoms with van der Waals surface area (Å²) in [7, 11) is -3.71. The van der Waals surface area contributed by atoms with E-state index in [0.717, 1.165) is 11.8 Å². The van der Waals surface area contributed by atoms with Crippen LogP contribution in [0.3, 0.4) is 0 Å². The van der Waals surface area contributed by atoms with Crippen LogP contribution < -0.4 is 0 Å². The van der Waals surface area contributed by atoms with Crippen LogP contribution in [-0.4, -0.2) is 63.8 Å². The number of aromatic nitrogens is 3. The van der Waals surface area contributed by atoms with Gasteiger partial charge >= 0.3 is 15.6 Å². The van der Waals surface area contributed by atoms with Gasteiger partial charge in [0.25, 0.3) is 0 Å². The number of allylic oxidation sites excluding steroid dienone is 1. The fourth-order valence-corrected chi connectivity index (χ4v) is 5.18. The minimum absolute atomic E-state index is 0.0182. The summed E-state index contributed by atoms with van der Waals surface area (Å²) in [4.78, 5) is 8.82. The van der Waals surface area contributed by atoms with Crippen molar-refractivity contribution in [2.45, 2.75) is 56.4 Å². The maximum absolute atomic E-state index is 13.2. The van der Waals surface area contributed by atoms with Crippen molar-refractivity contribution in [3.8, 4) is 5.82 Å². The molecule has 34 heavy (non-hydrogen) atoms. The molecule has 8 nitrogen and oxygen atoms in total. The molecule has 0 saturated carbocycles. The Balaban J connectivity index is 1.47. The fourth-order valence-electron chi connectivity index (χ4n) is 4.65. The molecule has 1 saturated heterocycles. The Morgan fingerprint density at radius 1 is 1.26 bits per heavy atom. The van der Waals surface area contributed by atoms with Crippen LogP contribution in [0.4, 0.5) is 17.6 Å². The first-order valence-corrected chi connectivity index (χ1v) is 12.1. The van der Waals surface area contributed by atoms with Gasteiger partial charge in [-0.25, -0.2) is 14.1 Å². The van der Waals surface area contributed by atoms with E-state index in [0.29, 0.717) is 25.2 Å². The van der Waals surface area contributed by atoms with Gasteiger partial charge in [-0.05, 0) is 51.4 Å². The van der Waals surface area contributed by atoms with E-state index < -0.39 is 21.4 Å². The number of halogens is 4. The smallest absolute Gasteiger partial charge is 0.381 e. The minimum atomic E-state index is -5.67. The van der Waals surface area contributed by atoms with E-state index in [9.17, 15) is 26.0 Å². The topological polar surface area (TPSA) is 80.6 Å². The van der Waals surface area contributed by atoms with Crippen molar-refractivity contribution in [3.63, 3.8) is 0 Å². The van der Waals surface area contributed by atoms with Crippen molar-refractivity contribution in [2.75, 3.05) is 13.6 Å². The molecular weight excluding hydrogens is 478 g/mol. The van der Waals surface area contributed by atoms with E-state index in [2.05, 4.69) is 24.1 Å². The molecule has 3 atom stereocenters. The zero-order valence-corrected chi connectivity index (χ0v) is 19.6. The third-order valence-corrected chi connectivity index (χ3v) is 7.85. The molecule has 2 unspecified atom stereocenters. The highest BCUT2D eigenvalue weighted by Crippen LogP contribution is 2.43. The third-order valence-electron chi connectivity index (χ3n) is 6.85. The molecule has 2 aromatic rings. The van der Waals surface area contributed by atoms with E-state index in [-0.39, 0.29) is 29.9 Å². The molecule has 1 aliphatic carbocycles. The summed E-state index contributed by atoms with van der Waals surface area (Å²) in [5.74, 6) is -0.142. The summed E-state index contributed by atoms with van der Waals surface area (Å²) in [6, 6.07) is 3.63. The van der Waals surface area contributed by atoms with Gasteiger partial charge in [0.05, 0.1) is 18.6 Å². The number of hydrogen-bond donors (Lipinski definition) is 0. The first kappa shape index (κ1) is 24.6. The quantitative estimate of drug-likeness (QED) is 0.349. The highest BCUT2D eigenvalue weighted by Gasteiger charge is 2.51. The molecule has 1 spiro atoms. The molecule has 4 rings (SSSR count). The summed E-state index contributed by atoms with van der Waals surface area (Å²) in [5, 5.41) is 3.91. The number of rotatable bonds is 5. The number of likely N-dealkylation sites (N-methyl/N-ethyl adjacent to an activating group) is 1. The van der Waals surface area contributed by atoms with Crippen LogP contribution in [0.25, 0.3) is 5.82 Å². The van der Waals surface area contributed by atoms with Gasteiger partial charge < -0.3 is 4.18 Å². The van der Waals surface area contributed by atoms with E-state index in [1.807, 2.05) is 27.0 Å². The molecule has 2 aromatic heterocycles. The number of hydrogen-bond acceptors (Lipinski definition) is 7. The largest absolute Gasteiger partial charge is 0.534 e. The molecule has 0 amide bonds. The number of alkyl halides is 3. The van der Waals surface area contributed by atoms with Crippen molar-refractivity contribution in [2.24, 2.45) is 0 Å². The van der Waals surface area contributed by atoms with E-state index in [1.165, 1.54) is 17.0 Å². The highest BCUT2D eigenvalue weighted by atomic mass is 32.2. The maximum atomic E-state index is 13.2. The van der Waals surface area contributed by atoms with Crippen molar-refractivity contribution in [1.29, 1.82) is 0 Å². The average molecular weight is 504 g/mol. The molecule has 2 aliphatic rings. The van der Waals surface area contributed by atoms with Crippen LogP contribution in [-0.2, 0) is 14.3 Å². The minimum Gasteiger partial charge on any atom is -0.381 e. The van der Waals surface area contributed by atoms with Gasteiger partial charge in [0.2, 0.25) is 0 Å². The van der Waals surface area contributed by atoms with Crippen molar-refractivity contribution in [1.82, 2.24) is 24.6 Å². The van der Waals surface area contributed by atoms with Crippen LogP contribution in [0.1, 0.15) is 44.7 Å². The van der Waals surface area contributed by atoms with Crippen molar-refractivity contribution < 1.29 is 30.2 Å². The summed E-state index contributed by atoms with van der Waals surface area (Å²) in [6.07, 6.45) is 6.43. The summed E-state index contributed by atoms with van der Waals surface area (Å²) in [6.45, 7) is 4.72. The Bertz CT molecular complexity index is 1180. The normalized spacial score (nSPS) is 25.5. The highest BCUT2D eigenvalue weighted by molar-refractivity contribution is 7.87. The third kappa shape index (κ3) is 4.43. The average Bonchev–Trinajstić information content (AvgIpc) is 3.31. The molecule has 0 aromatic carbocycles. The van der Waals surface area contributed by atoms with Crippen LogP contribution in [0.2, 0.25) is 0 Å². The van der Waals surface area contributed by atoms with Crippen molar-refractivity contribution >= 4 is 10.1 Å². The molecule has 13 heteroatoms. The van der Waals surface area contributed by atoms with Gasteiger partial charge in [-0.15, -0.1) is 0 Å². The lowest BCUT2D eigenvalue weighted by Gasteiger charge is -2.38. The maximum Gasteiger partial charge on any atom is 0.534 e. The van der Waals surface area contributed by atoms with Gasteiger partial charge in [0.1, 0.15) is 5.76 Å². The molecule has 0 bridgehead atoms. The summed E-state index contributed by atoms with van der Waals surface area (Å²) in [5.41, 5.74) is -4.87. The van der Waals surface area contributed by atoms with Crippen LogP contribution in [0, 0.1) is 5.82 Å². The Kier molecular flexibility index (Phi) is 6.23. The van der Waals surface area contributed by atoms with E-state index in [4.69, 9.17) is 0 Å². The predicted octanol–water partition coefficient (Wildman–Crippen LogP) is 3.73. The van der Waals surface area contributed by atoms with Gasteiger partial charge in [-0.3, -0.25) is 9.80 Å². The molecule has 0 radical (unpaired) electrons. The number of pyridine rings is 1. The monoisotopic (exact) mass is 503 g/mol. The molecule has 1 fully saturated rings. The Hall–Kier alpha value is -2.51. The van der Waals surface area contributed by atoms with E-state index >= 15 is 0 Å². The molecule has 0 N–H and O–H groups in total. The van der Waals surface area contributed by atoms with E-state index in [1.54, 1.807) is 12.3 Å². The molecular formula is C21H25F4N5O3S. The van der Waals surface area contributed by atoms with Gasteiger partial charge in [0, 0.05) is 30.7 Å². The zero-order valence-electron chi connectivity index (χ0n) is 18.8. The molecule has 3 heterocycles. The second-order valence-electron chi connectivity index (χ2n) is 8.73. The fraction of sp³-hybridized carbons (Fsp3) is 0.524. The first-order chi connectivity index (χ1) is 15.8. The van der Waals surface area contributed by atoms with Crippen molar-refractivity contribution in [3.05, 3.63) is 53.9 Å². The second kappa shape index (κ2) is 8.61. The summed E-state index contributed by atoms with van der Waals surface area (Å²) >= 11 is 0. The second-order valence-corrected chi connectivity index (χ2v) is 10.3. The van der Waals surface area contributed by atoms with Gasteiger partial charge in [0.15, 0.2) is 11.6 Å². The van der Waals surface area contributed by atoms with Gasteiger partial charge in [-0.2, -0.15) is 26.7 Å². The van der Waals surface area contributed by atoms with Gasteiger partial charge in [-0.1, -0.05) is 6.07 Å². The molecule has 186 valence electrons. The SMILES string of the molecule is CC1N([C@@H](C)c2ccc(-n3cc(F)cn3)nc2)CC2(CC=C(OS(=O)(=O)C(F)(F)F)CC2)N1C. The zero-order chi connectivity index (χ0) is 24.9. The Morgan fingerprint density at radius 2 is 2.00 bits per heavy atom. The molecule has 1 aliphatic heterocycles. The predicted molar refractivity (Wildman–Crippen MR) is 114 cm³/mol. The van der Waals surface area contributed by atoms with Crippen LogP contribution in [0.5, 0.6) is 0 Å². The Morgan fingerprint density at radius 3 is 2.53 bits per heavy atom.